The van der Waals surface area contributed by atoms with Crippen molar-refractivity contribution in [2.45, 2.75) is 52.4 Å². The Bertz CT molecular complexity index is 358. The SMILES string of the molecule is CC1(C)CCCC1C(=O)NCC1(C(=O)O)CCC1. The molecule has 0 aliphatic heterocycles. The number of amides is 1. The summed E-state index contributed by atoms with van der Waals surface area (Å²) in [6.45, 7) is 4.55. The average Bonchev–Trinajstić information content (AvgIpc) is 2.55. The Hall–Kier alpha value is -1.06. The number of aliphatic carboxylic acids is 1. The summed E-state index contributed by atoms with van der Waals surface area (Å²) in [5.74, 6) is -0.673. The minimum Gasteiger partial charge on any atom is -0.481 e. The van der Waals surface area contributed by atoms with E-state index in [1.165, 1.54) is 0 Å². The van der Waals surface area contributed by atoms with E-state index in [-0.39, 0.29) is 17.2 Å². The number of hydrogen-bond acceptors (Lipinski definition) is 2. The molecule has 1 unspecified atom stereocenters. The third-order valence-corrected chi connectivity index (χ3v) is 4.94. The zero-order valence-electron chi connectivity index (χ0n) is 11.3. The molecule has 4 nitrogen and oxygen atoms in total. The molecule has 0 spiro atoms. The molecule has 1 amide bonds. The van der Waals surface area contributed by atoms with E-state index in [9.17, 15) is 14.7 Å². The van der Waals surface area contributed by atoms with Gasteiger partial charge in [0.15, 0.2) is 0 Å². The molecule has 2 N–H and O–H groups in total. The van der Waals surface area contributed by atoms with E-state index in [4.69, 9.17) is 0 Å². The number of carboxylic acid groups (broad SMARTS) is 1. The Balaban J connectivity index is 1.90. The zero-order chi connectivity index (χ0) is 13.4. The summed E-state index contributed by atoms with van der Waals surface area (Å²) in [7, 11) is 0. The highest BCUT2D eigenvalue weighted by Gasteiger charge is 2.46. The molecule has 18 heavy (non-hydrogen) atoms. The Kier molecular flexibility index (Phi) is 3.39. The summed E-state index contributed by atoms with van der Waals surface area (Å²) in [6, 6.07) is 0. The number of rotatable bonds is 4. The van der Waals surface area contributed by atoms with Crippen molar-refractivity contribution in [3.8, 4) is 0 Å². The Morgan fingerprint density at radius 3 is 2.28 bits per heavy atom. The van der Waals surface area contributed by atoms with Gasteiger partial charge < -0.3 is 10.4 Å². The van der Waals surface area contributed by atoms with Gasteiger partial charge in [0.2, 0.25) is 5.91 Å². The molecule has 2 aliphatic carbocycles. The Morgan fingerprint density at radius 1 is 1.22 bits per heavy atom. The van der Waals surface area contributed by atoms with Crippen molar-refractivity contribution in [3.63, 3.8) is 0 Å². The second-order valence-electron chi connectivity index (χ2n) is 6.59. The van der Waals surface area contributed by atoms with Crippen LogP contribution < -0.4 is 5.32 Å². The maximum Gasteiger partial charge on any atom is 0.311 e. The summed E-state index contributed by atoms with van der Waals surface area (Å²) in [6.07, 6.45) is 5.44. The van der Waals surface area contributed by atoms with Crippen molar-refractivity contribution >= 4 is 11.9 Å². The van der Waals surface area contributed by atoms with Gasteiger partial charge in [-0.1, -0.05) is 26.7 Å². The average molecular weight is 253 g/mol. The lowest BCUT2D eigenvalue weighted by Crippen LogP contribution is -2.49. The molecule has 0 saturated heterocycles. The fourth-order valence-electron chi connectivity index (χ4n) is 3.26. The van der Waals surface area contributed by atoms with Gasteiger partial charge in [0.1, 0.15) is 0 Å². The number of carbonyl (C=O) groups is 2. The van der Waals surface area contributed by atoms with Crippen LogP contribution in [0.2, 0.25) is 0 Å². The highest BCUT2D eigenvalue weighted by molar-refractivity contribution is 5.81. The molecule has 2 saturated carbocycles. The maximum atomic E-state index is 12.2. The van der Waals surface area contributed by atoms with Crippen molar-refractivity contribution in [1.82, 2.24) is 5.32 Å². The van der Waals surface area contributed by atoms with E-state index in [1.807, 2.05) is 0 Å². The lowest BCUT2D eigenvalue weighted by molar-refractivity contribution is -0.154. The normalized spacial score (nSPS) is 28.4. The van der Waals surface area contributed by atoms with Gasteiger partial charge in [-0.3, -0.25) is 9.59 Å². The van der Waals surface area contributed by atoms with Gasteiger partial charge in [-0.25, -0.2) is 0 Å². The summed E-state index contributed by atoms with van der Waals surface area (Å²) >= 11 is 0. The molecule has 2 fully saturated rings. The van der Waals surface area contributed by atoms with Crippen LogP contribution >= 0.6 is 0 Å². The predicted octanol–water partition coefficient (Wildman–Crippen LogP) is 2.18. The first kappa shape index (κ1) is 13.4. The standard InChI is InChI=1S/C14H23NO3/c1-13(2)6-3-5-10(13)11(16)15-9-14(12(17)18)7-4-8-14/h10H,3-9H2,1-2H3,(H,15,16)(H,17,18). The summed E-state index contributed by atoms with van der Waals surface area (Å²) in [5, 5.41) is 12.1. The summed E-state index contributed by atoms with van der Waals surface area (Å²) < 4.78 is 0. The van der Waals surface area contributed by atoms with Crippen molar-refractivity contribution in [2.75, 3.05) is 6.54 Å². The highest BCUT2D eigenvalue weighted by Crippen LogP contribution is 2.43. The van der Waals surface area contributed by atoms with E-state index in [0.717, 1.165) is 25.7 Å². The van der Waals surface area contributed by atoms with Crippen LogP contribution in [0, 0.1) is 16.7 Å². The van der Waals surface area contributed by atoms with Crippen LogP contribution in [-0.2, 0) is 9.59 Å². The number of carbonyl (C=O) groups excluding carboxylic acids is 1. The van der Waals surface area contributed by atoms with Crippen LogP contribution in [0.25, 0.3) is 0 Å². The topological polar surface area (TPSA) is 66.4 Å². The smallest absolute Gasteiger partial charge is 0.311 e. The van der Waals surface area contributed by atoms with Gasteiger partial charge in [-0.05, 0) is 31.1 Å². The second kappa shape index (κ2) is 4.56. The number of nitrogens with one attached hydrogen (secondary N) is 1. The molecule has 0 aromatic rings. The third-order valence-electron chi connectivity index (χ3n) is 4.94. The minimum absolute atomic E-state index is 0.0448. The first-order valence-corrected chi connectivity index (χ1v) is 6.89. The highest BCUT2D eigenvalue weighted by atomic mass is 16.4. The molecule has 1 atom stereocenters. The van der Waals surface area contributed by atoms with Gasteiger partial charge in [0.05, 0.1) is 5.41 Å². The van der Waals surface area contributed by atoms with E-state index in [0.29, 0.717) is 19.4 Å². The zero-order valence-corrected chi connectivity index (χ0v) is 11.3. The van der Waals surface area contributed by atoms with Crippen LogP contribution in [0.4, 0.5) is 0 Å². The maximum absolute atomic E-state index is 12.2. The molecular formula is C14H23NO3. The van der Waals surface area contributed by atoms with Crippen LogP contribution in [0.15, 0.2) is 0 Å². The van der Waals surface area contributed by atoms with Gasteiger partial charge >= 0.3 is 5.97 Å². The molecule has 0 aromatic carbocycles. The van der Waals surface area contributed by atoms with Gasteiger partial charge in [-0.2, -0.15) is 0 Å². The molecule has 0 aromatic heterocycles. The van der Waals surface area contributed by atoms with Crippen LogP contribution in [0.5, 0.6) is 0 Å². The van der Waals surface area contributed by atoms with E-state index < -0.39 is 11.4 Å². The van der Waals surface area contributed by atoms with Crippen LogP contribution in [0.3, 0.4) is 0 Å². The molecule has 0 bridgehead atoms. The lowest BCUT2D eigenvalue weighted by Gasteiger charge is -2.38. The van der Waals surface area contributed by atoms with Crippen molar-refractivity contribution in [2.24, 2.45) is 16.7 Å². The third kappa shape index (κ3) is 2.25. The van der Waals surface area contributed by atoms with Gasteiger partial charge in [0.25, 0.3) is 0 Å². The first-order chi connectivity index (χ1) is 8.37. The van der Waals surface area contributed by atoms with E-state index in [2.05, 4.69) is 19.2 Å². The molecule has 102 valence electrons. The fraction of sp³-hybridized carbons (Fsp3) is 0.857. The van der Waals surface area contributed by atoms with Crippen molar-refractivity contribution < 1.29 is 14.7 Å². The van der Waals surface area contributed by atoms with E-state index >= 15 is 0 Å². The first-order valence-electron chi connectivity index (χ1n) is 6.89. The molecule has 2 rings (SSSR count). The summed E-state index contributed by atoms with van der Waals surface area (Å²) in [5.41, 5.74) is -0.626. The summed E-state index contributed by atoms with van der Waals surface area (Å²) in [4.78, 5) is 23.4. The van der Waals surface area contributed by atoms with Crippen LogP contribution in [-0.4, -0.2) is 23.5 Å². The number of carboxylic acids is 1. The molecular weight excluding hydrogens is 230 g/mol. The fourth-order valence-corrected chi connectivity index (χ4v) is 3.26. The molecule has 4 heteroatoms. The quantitative estimate of drug-likeness (QED) is 0.807. The molecule has 0 heterocycles. The van der Waals surface area contributed by atoms with Crippen LogP contribution in [0.1, 0.15) is 52.4 Å². The lowest BCUT2D eigenvalue weighted by atomic mass is 9.68. The Morgan fingerprint density at radius 2 is 1.89 bits per heavy atom. The second-order valence-corrected chi connectivity index (χ2v) is 6.59. The van der Waals surface area contributed by atoms with E-state index in [1.54, 1.807) is 0 Å². The molecule has 0 radical (unpaired) electrons. The van der Waals surface area contributed by atoms with Gasteiger partial charge in [-0.15, -0.1) is 0 Å². The Labute approximate surface area is 108 Å². The predicted molar refractivity (Wildman–Crippen MR) is 68.1 cm³/mol. The van der Waals surface area contributed by atoms with Crippen molar-refractivity contribution in [3.05, 3.63) is 0 Å². The van der Waals surface area contributed by atoms with Gasteiger partial charge in [0, 0.05) is 12.5 Å². The molecule has 2 aliphatic rings. The monoisotopic (exact) mass is 253 g/mol. The largest absolute Gasteiger partial charge is 0.481 e. The number of hydrogen-bond donors (Lipinski definition) is 2. The van der Waals surface area contributed by atoms with Crippen molar-refractivity contribution in [1.29, 1.82) is 0 Å². The minimum atomic E-state index is -0.764.